The summed E-state index contributed by atoms with van der Waals surface area (Å²) in [7, 11) is 0. The number of para-hydroxylation sites is 1. The van der Waals surface area contributed by atoms with Crippen molar-refractivity contribution in [2.24, 2.45) is 0 Å². The molecule has 0 saturated heterocycles. The first-order chi connectivity index (χ1) is 17.7. The summed E-state index contributed by atoms with van der Waals surface area (Å²) in [5.41, 5.74) is 5.23. The smallest absolute Gasteiger partial charge is 0.340 e. The fourth-order valence-electron chi connectivity index (χ4n) is 4.40. The van der Waals surface area contributed by atoms with Gasteiger partial charge >= 0.3 is 5.97 Å². The first kappa shape index (κ1) is 25.7. The van der Waals surface area contributed by atoms with Crippen LogP contribution in [-0.4, -0.2) is 29.1 Å². The van der Waals surface area contributed by atoms with Gasteiger partial charge in [0, 0.05) is 40.2 Å². The molecule has 0 spiro atoms. The molecule has 0 unspecified atom stereocenters. The number of ether oxygens (including phenoxy) is 1. The zero-order valence-electron chi connectivity index (χ0n) is 21.4. The number of hydrogen-bond donors (Lipinski definition) is 1. The lowest BCUT2D eigenvalue weighted by atomic mass is 10.2. The number of benzene rings is 3. The van der Waals surface area contributed by atoms with E-state index in [1.807, 2.05) is 54.0 Å². The molecule has 3 aromatic carbocycles. The maximum absolute atomic E-state index is 13.3. The van der Waals surface area contributed by atoms with E-state index in [1.165, 1.54) is 12.1 Å². The van der Waals surface area contributed by atoms with Crippen molar-refractivity contribution in [2.45, 2.75) is 33.7 Å². The number of halogens is 1. The van der Waals surface area contributed by atoms with Crippen molar-refractivity contribution in [1.29, 1.82) is 0 Å². The van der Waals surface area contributed by atoms with Gasteiger partial charge in [0.2, 0.25) is 0 Å². The molecule has 7 heteroatoms. The Kier molecular flexibility index (Phi) is 7.72. The standard InChI is InChI=1S/C30H30FN3O3/c1-20(2)33(25-8-6-5-7-9-25)26-16-12-24(13-17-26)32-29(35)19-37-30(36)28-18-21(3)34(22(28)4)27-14-10-23(31)11-15-27/h5-18,20H,19H2,1-4H3,(H,32,35). The number of hydrogen-bond acceptors (Lipinski definition) is 4. The van der Waals surface area contributed by atoms with Crippen LogP contribution in [0.1, 0.15) is 35.6 Å². The van der Waals surface area contributed by atoms with E-state index in [-0.39, 0.29) is 11.9 Å². The summed E-state index contributed by atoms with van der Waals surface area (Å²) in [5, 5.41) is 2.77. The predicted molar refractivity (Wildman–Crippen MR) is 144 cm³/mol. The fourth-order valence-corrected chi connectivity index (χ4v) is 4.40. The Bertz CT molecular complexity index is 1380. The molecule has 1 aromatic heterocycles. The molecule has 0 aliphatic heterocycles. The summed E-state index contributed by atoms with van der Waals surface area (Å²) in [5.74, 6) is -1.36. The van der Waals surface area contributed by atoms with E-state index >= 15 is 0 Å². The van der Waals surface area contributed by atoms with E-state index in [2.05, 4.69) is 36.2 Å². The normalized spacial score (nSPS) is 10.9. The number of nitrogens with one attached hydrogen (secondary N) is 1. The van der Waals surface area contributed by atoms with Crippen molar-refractivity contribution in [3.63, 3.8) is 0 Å². The molecule has 0 aliphatic carbocycles. The van der Waals surface area contributed by atoms with Gasteiger partial charge < -0.3 is 19.5 Å². The summed E-state index contributed by atoms with van der Waals surface area (Å²) in [6.45, 7) is 7.46. The SMILES string of the molecule is Cc1cc(C(=O)OCC(=O)Nc2ccc(N(c3ccccc3)C(C)C)cc2)c(C)n1-c1ccc(F)cc1. The Labute approximate surface area is 216 Å². The molecule has 4 rings (SSSR count). The molecule has 0 bridgehead atoms. The number of carbonyl (C=O) groups excluding carboxylic acids is 2. The van der Waals surface area contributed by atoms with Crippen LogP contribution in [0, 0.1) is 19.7 Å². The highest BCUT2D eigenvalue weighted by atomic mass is 19.1. The van der Waals surface area contributed by atoms with Crippen molar-refractivity contribution < 1.29 is 18.7 Å². The Morgan fingerprint density at radius 2 is 1.54 bits per heavy atom. The van der Waals surface area contributed by atoms with Crippen LogP contribution >= 0.6 is 0 Å². The van der Waals surface area contributed by atoms with Crippen molar-refractivity contribution in [1.82, 2.24) is 4.57 Å². The predicted octanol–water partition coefficient (Wildman–Crippen LogP) is 6.58. The van der Waals surface area contributed by atoms with Gasteiger partial charge in [0.25, 0.3) is 5.91 Å². The average molecular weight is 500 g/mol. The van der Waals surface area contributed by atoms with E-state index < -0.39 is 18.5 Å². The molecule has 1 N–H and O–H groups in total. The van der Waals surface area contributed by atoms with E-state index in [9.17, 15) is 14.0 Å². The lowest BCUT2D eigenvalue weighted by Crippen LogP contribution is -2.25. The van der Waals surface area contributed by atoms with Crippen LogP contribution in [0.25, 0.3) is 5.69 Å². The van der Waals surface area contributed by atoms with Gasteiger partial charge in [-0.15, -0.1) is 0 Å². The Balaban J connectivity index is 1.38. The lowest BCUT2D eigenvalue weighted by Gasteiger charge is -2.29. The van der Waals surface area contributed by atoms with Crippen LogP contribution in [0.4, 0.5) is 21.5 Å². The average Bonchev–Trinajstić information content (AvgIpc) is 3.18. The Morgan fingerprint density at radius 3 is 2.16 bits per heavy atom. The summed E-state index contributed by atoms with van der Waals surface area (Å²) in [6, 6.07) is 25.6. The second kappa shape index (κ2) is 11.1. The van der Waals surface area contributed by atoms with E-state index in [1.54, 1.807) is 25.1 Å². The number of aryl methyl sites for hydroxylation is 1. The van der Waals surface area contributed by atoms with Gasteiger partial charge in [0.1, 0.15) is 5.82 Å². The molecule has 0 fully saturated rings. The van der Waals surface area contributed by atoms with Gasteiger partial charge in [0.05, 0.1) is 5.56 Å². The summed E-state index contributed by atoms with van der Waals surface area (Å²) in [4.78, 5) is 27.4. The molecule has 0 saturated carbocycles. The van der Waals surface area contributed by atoms with Crippen LogP contribution in [0.15, 0.2) is 84.9 Å². The van der Waals surface area contributed by atoms with Crippen molar-refractivity contribution in [2.75, 3.05) is 16.8 Å². The summed E-state index contributed by atoms with van der Waals surface area (Å²) < 4.78 is 20.4. The van der Waals surface area contributed by atoms with Crippen LogP contribution in [-0.2, 0) is 9.53 Å². The first-order valence-electron chi connectivity index (χ1n) is 12.1. The minimum absolute atomic E-state index is 0.243. The van der Waals surface area contributed by atoms with E-state index in [4.69, 9.17) is 4.74 Å². The number of amides is 1. The highest BCUT2D eigenvalue weighted by molar-refractivity contribution is 5.96. The quantitative estimate of drug-likeness (QED) is 0.278. The monoisotopic (exact) mass is 499 g/mol. The molecule has 0 radical (unpaired) electrons. The number of rotatable bonds is 8. The van der Waals surface area contributed by atoms with Gasteiger partial charge in [-0.2, -0.15) is 0 Å². The largest absolute Gasteiger partial charge is 0.452 e. The number of nitrogens with zero attached hydrogens (tertiary/aromatic N) is 2. The van der Waals surface area contributed by atoms with Gasteiger partial charge in [-0.1, -0.05) is 18.2 Å². The van der Waals surface area contributed by atoms with E-state index in [0.29, 0.717) is 16.9 Å². The molecular weight excluding hydrogens is 469 g/mol. The zero-order chi connectivity index (χ0) is 26.5. The number of carbonyl (C=O) groups is 2. The Hall–Kier alpha value is -4.39. The molecule has 1 heterocycles. The van der Waals surface area contributed by atoms with Crippen LogP contribution < -0.4 is 10.2 Å². The lowest BCUT2D eigenvalue weighted by molar-refractivity contribution is -0.119. The molecule has 0 atom stereocenters. The van der Waals surface area contributed by atoms with Crippen molar-refractivity contribution in [3.05, 3.63) is 108 Å². The fraction of sp³-hybridized carbons (Fsp3) is 0.200. The van der Waals surface area contributed by atoms with Crippen LogP contribution in [0.3, 0.4) is 0 Å². The second-order valence-corrected chi connectivity index (χ2v) is 9.07. The van der Waals surface area contributed by atoms with Gasteiger partial charge in [-0.3, -0.25) is 4.79 Å². The maximum atomic E-state index is 13.3. The first-order valence-corrected chi connectivity index (χ1v) is 12.1. The third kappa shape index (κ3) is 5.89. The van der Waals surface area contributed by atoms with Gasteiger partial charge in [-0.05, 0) is 94.4 Å². The van der Waals surface area contributed by atoms with E-state index in [0.717, 1.165) is 22.8 Å². The molecule has 1 amide bonds. The molecule has 190 valence electrons. The minimum atomic E-state index is -0.595. The molecule has 4 aromatic rings. The number of aromatic nitrogens is 1. The molecule has 37 heavy (non-hydrogen) atoms. The number of anilines is 3. The van der Waals surface area contributed by atoms with Crippen molar-refractivity contribution >= 4 is 28.9 Å². The van der Waals surface area contributed by atoms with Crippen LogP contribution in [0.5, 0.6) is 0 Å². The van der Waals surface area contributed by atoms with Gasteiger partial charge in [-0.25, -0.2) is 9.18 Å². The Morgan fingerprint density at radius 1 is 0.919 bits per heavy atom. The molecule has 6 nitrogen and oxygen atoms in total. The molecular formula is C30H30FN3O3. The third-order valence-electron chi connectivity index (χ3n) is 6.05. The van der Waals surface area contributed by atoms with Crippen molar-refractivity contribution in [3.8, 4) is 5.69 Å². The van der Waals surface area contributed by atoms with Gasteiger partial charge in [0.15, 0.2) is 6.61 Å². The maximum Gasteiger partial charge on any atom is 0.340 e. The topological polar surface area (TPSA) is 63.6 Å². The summed E-state index contributed by atoms with van der Waals surface area (Å²) in [6.07, 6.45) is 0. The second-order valence-electron chi connectivity index (χ2n) is 9.07. The van der Waals surface area contributed by atoms with Crippen LogP contribution in [0.2, 0.25) is 0 Å². The highest BCUT2D eigenvalue weighted by Crippen LogP contribution is 2.29. The molecule has 0 aliphatic rings. The zero-order valence-corrected chi connectivity index (χ0v) is 21.4. The third-order valence-corrected chi connectivity index (χ3v) is 6.05. The number of esters is 1. The summed E-state index contributed by atoms with van der Waals surface area (Å²) >= 11 is 0. The highest BCUT2D eigenvalue weighted by Gasteiger charge is 2.19. The minimum Gasteiger partial charge on any atom is -0.452 e.